The van der Waals surface area contributed by atoms with E-state index < -0.39 is 11.7 Å². The highest BCUT2D eigenvalue weighted by molar-refractivity contribution is 6.00. The Morgan fingerprint density at radius 2 is 1.70 bits per heavy atom. The zero-order chi connectivity index (χ0) is 14.5. The van der Waals surface area contributed by atoms with Crippen LogP contribution in [0.5, 0.6) is 0 Å². The van der Waals surface area contributed by atoms with Crippen LogP contribution in [0.3, 0.4) is 0 Å². The first-order valence-electron chi connectivity index (χ1n) is 5.93. The number of halogens is 2. The molecule has 1 N–H and O–H groups in total. The lowest BCUT2D eigenvalue weighted by Crippen LogP contribution is -2.20. The average molecular weight is 274 g/mol. The Bertz CT molecular complexity index is 651. The molecule has 0 saturated carbocycles. The molecule has 0 aromatic heterocycles. The maximum absolute atomic E-state index is 13.4. The molecule has 20 heavy (non-hydrogen) atoms. The first kappa shape index (κ1) is 13.9. The standard InChI is InChI=1S/C15H12F2N2O/c1-10(11-6-8-12(16)9-7-11)18-19-15(20)13-4-2-3-5-14(13)17/h2-9H,1H3,(H,19,20)/b18-10-. The molecule has 0 radical (unpaired) electrons. The Morgan fingerprint density at radius 1 is 1.05 bits per heavy atom. The van der Waals surface area contributed by atoms with Crippen molar-refractivity contribution in [2.75, 3.05) is 0 Å². The van der Waals surface area contributed by atoms with E-state index in [0.717, 1.165) is 0 Å². The number of rotatable bonds is 3. The molecule has 0 spiro atoms. The Balaban J connectivity index is 2.11. The van der Waals surface area contributed by atoms with Crippen LogP contribution in [-0.2, 0) is 0 Å². The number of benzene rings is 2. The normalized spacial score (nSPS) is 11.2. The Hall–Kier alpha value is -2.56. The number of carbonyl (C=O) groups is 1. The Labute approximate surface area is 114 Å². The summed E-state index contributed by atoms with van der Waals surface area (Å²) in [7, 11) is 0. The quantitative estimate of drug-likeness (QED) is 0.678. The molecule has 0 atom stereocenters. The number of hydrogen-bond donors (Lipinski definition) is 1. The van der Waals surface area contributed by atoms with E-state index in [2.05, 4.69) is 10.5 Å². The van der Waals surface area contributed by atoms with Crippen molar-refractivity contribution in [3.05, 3.63) is 71.3 Å². The van der Waals surface area contributed by atoms with Crippen LogP contribution < -0.4 is 5.43 Å². The van der Waals surface area contributed by atoms with E-state index >= 15 is 0 Å². The van der Waals surface area contributed by atoms with Crippen LogP contribution in [0.25, 0.3) is 0 Å². The van der Waals surface area contributed by atoms with E-state index in [1.807, 2.05) is 0 Å². The fourth-order valence-electron chi connectivity index (χ4n) is 1.60. The minimum Gasteiger partial charge on any atom is -0.267 e. The molecular weight excluding hydrogens is 262 g/mol. The van der Waals surface area contributed by atoms with Gasteiger partial charge in [-0.25, -0.2) is 14.2 Å². The molecule has 0 aliphatic heterocycles. The lowest BCUT2D eigenvalue weighted by atomic mass is 10.1. The van der Waals surface area contributed by atoms with Crippen molar-refractivity contribution in [3.8, 4) is 0 Å². The van der Waals surface area contributed by atoms with Gasteiger partial charge in [0.05, 0.1) is 11.3 Å². The van der Waals surface area contributed by atoms with E-state index in [1.165, 1.54) is 30.3 Å². The lowest BCUT2D eigenvalue weighted by molar-refractivity contribution is 0.0951. The zero-order valence-electron chi connectivity index (χ0n) is 10.7. The summed E-state index contributed by atoms with van der Waals surface area (Å²) in [6.07, 6.45) is 0. The summed E-state index contributed by atoms with van der Waals surface area (Å²) in [4.78, 5) is 11.7. The second kappa shape index (κ2) is 6.06. The third kappa shape index (κ3) is 3.26. The van der Waals surface area contributed by atoms with Crippen molar-refractivity contribution in [3.63, 3.8) is 0 Å². The molecule has 0 bridgehead atoms. The molecule has 0 aliphatic rings. The summed E-state index contributed by atoms with van der Waals surface area (Å²) in [6, 6.07) is 11.3. The van der Waals surface area contributed by atoms with Crippen LogP contribution in [0, 0.1) is 11.6 Å². The minimum absolute atomic E-state index is 0.0804. The molecule has 2 rings (SSSR count). The van der Waals surface area contributed by atoms with E-state index in [-0.39, 0.29) is 11.4 Å². The number of hydrogen-bond acceptors (Lipinski definition) is 2. The van der Waals surface area contributed by atoms with Gasteiger partial charge in [-0.2, -0.15) is 5.10 Å². The van der Waals surface area contributed by atoms with Crippen molar-refractivity contribution in [1.29, 1.82) is 0 Å². The van der Waals surface area contributed by atoms with Gasteiger partial charge in [-0.15, -0.1) is 0 Å². The maximum atomic E-state index is 13.4. The Morgan fingerprint density at radius 3 is 2.35 bits per heavy atom. The van der Waals surface area contributed by atoms with Gasteiger partial charge in [-0.05, 0) is 36.8 Å². The van der Waals surface area contributed by atoms with Crippen LogP contribution >= 0.6 is 0 Å². The molecule has 5 heteroatoms. The van der Waals surface area contributed by atoms with Crippen LogP contribution in [0.1, 0.15) is 22.8 Å². The predicted octanol–water partition coefficient (Wildman–Crippen LogP) is 3.12. The van der Waals surface area contributed by atoms with Gasteiger partial charge in [0.1, 0.15) is 11.6 Å². The lowest BCUT2D eigenvalue weighted by Gasteiger charge is -2.03. The largest absolute Gasteiger partial charge is 0.274 e. The van der Waals surface area contributed by atoms with E-state index in [1.54, 1.807) is 25.1 Å². The molecule has 1 amide bonds. The van der Waals surface area contributed by atoms with E-state index in [4.69, 9.17) is 0 Å². The fraction of sp³-hybridized carbons (Fsp3) is 0.0667. The van der Waals surface area contributed by atoms with Gasteiger partial charge in [0.2, 0.25) is 0 Å². The van der Waals surface area contributed by atoms with Crippen molar-refractivity contribution < 1.29 is 13.6 Å². The summed E-state index contributed by atoms with van der Waals surface area (Å²) in [5.74, 6) is -1.60. The highest BCUT2D eigenvalue weighted by atomic mass is 19.1. The summed E-state index contributed by atoms with van der Waals surface area (Å²) < 4.78 is 26.2. The van der Waals surface area contributed by atoms with Crippen molar-refractivity contribution in [1.82, 2.24) is 5.43 Å². The third-order valence-electron chi connectivity index (χ3n) is 2.71. The fourth-order valence-corrected chi connectivity index (χ4v) is 1.60. The SMILES string of the molecule is C/C(=N/NC(=O)c1ccccc1F)c1ccc(F)cc1. The Kier molecular flexibility index (Phi) is 4.20. The molecule has 0 fully saturated rings. The third-order valence-corrected chi connectivity index (χ3v) is 2.71. The summed E-state index contributed by atoms with van der Waals surface area (Å²) in [5.41, 5.74) is 3.35. The van der Waals surface area contributed by atoms with Gasteiger partial charge in [0.15, 0.2) is 0 Å². The van der Waals surface area contributed by atoms with Crippen LogP contribution in [0.15, 0.2) is 53.6 Å². The van der Waals surface area contributed by atoms with Gasteiger partial charge in [0, 0.05) is 0 Å². The molecule has 0 aliphatic carbocycles. The molecule has 2 aromatic carbocycles. The van der Waals surface area contributed by atoms with Crippen LogP contribution in [0.4, 0.5) is 8.78 Å². The van der Waals surface area contributed by atoms with Gasteiger partial charge in [-0.1, -0.05) is 24.3 Å². The van der Waals surface area contributed by atoms with Gasteiger partial charge in [0.25, 0.3) is 5.91 Å². The zero-order valence-corrected chi connectivity index (χ0v) is 10.7. The number of hydrazone groups is 1. The molecule has 3 nitrogen and oxygen atoms in total. The van der Waals surface area contributed by atoms with Crippen molar-refractivity contribution in [2.45, 2.75) is 6.92 Å². The second-order valence-corrected chi connectivity index (χ2v) is 4.12. The first-order valence-corrected chi connectivity index (χ1v) is 5.93. The molecule has 0 unspecified atom stereocenters. The summed E-state index contributed by atoms with van der Waals surface area (Å²) in [5, 5.41) is 3.87. The topological polar surface area (TPSA) is 41.5 Å². The van der Waals surface area contributed by atoms with Crippen molar-refractivity contribution in [2.24, 2.45) is 5.10 Å². The number of amides is 1. The molecule has 0 saturated heterocycles. The van der Waals surface area contributed by atoms with E-state index in [0.29, 0.717) is 11.3 Å². The number of nitrogens with one attached hydrogen (secondary N) is 1. The highest BCUT2D eigenvalue weighted by Gasteiger charge is 2.09. The van der Waals surface area contributed by atoms with Gasteiger partial charge >= 0.3 is 0 Å². The van der Waals surface area contributed by atoms with E-state index in [9.17, 15) is 13.6 Å². The molecule has 2 aromatic rings. The molecule has 0 heterocycles. The average Bonchev–Trinajstić information content (AvgIpc) is 2.45. The predicted molar refractivity (Wildman–Crippen MR) is 72.5 cm³/mol. The highest BCUT2D eigenvalue weighted by Crippen LogP contribution is 2.07. The smallest absolute Gasteiger partial charge is 0.267 e. The molecular formula is C15H12F2N2O. The first-order chi connectivity index (χ1) is 9.58. The number of carbonyl (C=O) groups excluding carboxylic acids is 1. The van der Waals surface area contributed by atoms with Crippen molar-refractivity contribution >= 4 is 11.6 Å². The van der Waals surface area contributed by atoms with Gasteiger partial charge < -0.3 is 0 Å². The minimum atomic E-state index is -0.635. The van der Waals surface area contributed by atoms with Gasteiger partial charge in [-0.3, -0.25) is 4.79 Å². The summed E-state index contributed by atoms with van der Waals surface area (Å²) in [6.45, 7) is 1.66. The second-order valence-electron chi connectivity index (χ2n) is 4.12. The maximum Gasteiger partial charge on any atom is 0.274 e. The number of nitrogens with zero attached hydrogens (tertiary/aromatic N) is 1. The monoisotopic (exact) mass is 274 g/mol. The van der Waals surface area contributed by atoms with Crippen LogP contribution in [0.2, 0.25) is 0 Å². The molecule has 102 valence electrons. The van der Waals surface area contributed by atoms with Crippen LogP contribution in [-0.4, -0.2) is 11.6 Å². The summed E-state index contributed by atoms with van der Waals surface area (Å²) >= 11 is 0.